The van der Waals surface area contributed by atoms with E-state index in [0.29, 0.717) is 46.9 Å². The van der Waals surface area contributed by atoms with Gasteiger partial charge in [-0.2, -0.15) is 0 Å². The number of fused-ring (bicyclic) bond motifs is 1. The van der Waals surface area contributed by atoms with Crippen molar-refractivity contribution in [2.24, 2.45) is 0 Å². The second kappa shape index (κ2) is 13.6. The second-order valence-electron chi connectivity index (χ2n) is 11.4. The molecule has 5 rings (SSSR count). The van der Waals surface area contributed by atoms with Crippen molar-refractivity contribution in [3.8, 4) is 28.6 Å². The van der Waals surface area contributed by atoms with Gasteiger partial charge in [0.05, 0.1) is 5.39 Å². The molecule has 5 aromatic rings. The lowest BCUT2D eigenvalue weighted by molar-refractivity contribution is 0.100. The van der Waals surface area contributed by atoms with E-state index in [9.17, 15) is 9.90 Å². The molecule has 0 saturated carbocycles. The van der Waals surface area contributed by atoms with Gasteiger partial charge in [-0.05, 0) is 56.2 Å². The molecule has 0 unspecified atom stereocenters. The zero-order chi connectivity index (χ0) is 30.2. The van der Waals surface area contributed by atoms with Crippen LogP contribution < -0.4 is 25.0 Å². The first-order chi connectivity index (χ1) is 20.7. The van der Waals surface area contributed by atoms with Crippen molar-refractivity contribution in [2.75, 3.05) is 13.2 Å². The standard InChI is InChI=1S/C36H37NO6/c1-36(2,3)37-21-28(38)24-41-30-17-18-31-32(20-30)43-34(35(33(31)39)42-23-26-13-8-5-9-14-26)27-15-10-16-29(19-27)40-22-25-11-6-4-7-12-25/h4-20,28,37-38H,21-24H2,1-3H3/t28-/m1/s1. The van der Waals surface area contributed by atoms with Gasteiger partial charge in [0.2, 0.25) is 11.2 Å². The summed E-state index contributed by atoms with van der Waals surface area (Å²) in [5.74, 6) is 1.53. The lowest BCUT2D eigenvalue weighted by atomic mass is 10.1. The molecule has 1 heterocycles. The van der Waals surface area contributed by atoms with Crippen molar-refractivity contribution in [3.63, 3.8) is 0 Å². The molecule has 43 heavy (non-hydrogen) atoms. The molecule has 0 radical (unpaired) electrons. The number of ether oxygens (including phenoxy) is 3. The van der Waals surface area contributed by atoms with Gasteiger partial charge in [-0.15, -0.1) is 0 Å². The minimum absolute atomic E-state index is 0.0880. The molecule has 0 saturated heterocycles. The Bertz CT molecular complexity index is 1690. The number of hydrogen-bond donors (Lipinski definition) is 2. The summed E-state index contributed by atoms with van der Waals surface area (Å²) < 4.78 is 24.4. The molecule has 0 aliphatic carbocycles. The highest BCUT2D eigenvalue weighted by molar-refractivity contribution is 5.83. The van der Waals surface area contributed by atoms with Crippen molar-refractivity contribution in [1.29, 1.82) is 0 Å². The van der Waals surface area contributed by atoms with Crippen molar-refractivity contribution in [3.05, 3.63) is 124 Å². The maximum absolute atomic E-state index is 13.8. The molecule has 0 amide bonds. The fourth-order valence-corrected chi connectivity index (χ4v) is 4.44. The molecule has 0 spiro atoms. The van der Waals surface area contributed by atoms with E-state index in [-0.39, 0.29) is 29.9 Å². The minimum Gasteiger partial charge on any atom is -0.491 e. The Kier molecular flexibility index (Phi) is 9.45. The summed E-state index contributed by atoms with van der Waals surface area (Å²) >= 11 is 0. The maximum Gasteiger partial charge on any atom is 0.235 e. The molecule has 0 fully saturated rings. The first-order valence-electron chi connectivity index (χ1n) is 14.4. The average molecular weight is 580 g/mol. The zero-order valence-corrected chi connectivity index (χ0v) is 24.7. The fraction of sp³-hybridized carbons (Fsp3) is 0.250. The van der Waals surface area contributed by atoms with E-state index in [1.165, 1.54) is 0 Å². The highest BCUT2D eigenvalue weighted by Gasteiger charge is 2.20. The van der Waals surface area contributed by atoms with Crippen LogP contribution in [0.25, 0.3) is 22.3 Å². The van der Waals surface area contributed by atoms with E-state index < -0.39 is 6.10 Å². The van der Waals surface area contributed by atoms with Gasteiger partial charge in [0.1, 0.15) is 43.0 Å². The number of β-amino-alcohol motifs (C(OH)–C–C–N with tert-alkyl or cyclic N) is 1. The van der Waals surface area contributed by atoms with Crippen LogP contribution in [0.2, 0.25) is 0 Å². The summed E-state index contributed by atoms with van der Waals surface area (Å²) in [6, 6.07) is 32.0. The minimum atomic E-state index is -0.704. The van der Waals surface area contributed by atoms with Crippen LogP contribution in [0.15, 0.2) is 112 Å². The SMILES string of the molecule is CC(C)(C)NC[C@@H](O)COc1ccc2c(=O)c(OCc3ccccc3)c(-c3cccc(OCc4ccccc4)c3)oc2c1. The molecular formula is C36H37NO6. The van der Waals surface area contributed by atoms with Crippen LogP contribution in [0.5, 0.6) is 17.2 Å². The topological polar surface area (TPSA) is 90.2 Å². The van der Waals surface area contributed by atoms with Gasteiger partial charge in [-0.1, -0.05) is 72.8 Å². The van der Waals surface area contributed by atoms with Gasteiger partial charge in [0, 0.05) is 23.7 Å². The molecule has 4 aromatic carbocycles. The normalized spacial score (nSPS) is 12.2. The Morgan fingerprint density at radius 3 is 2.09 bits per heavy atom. The third kappa shape index (κ3) is 8.25. The monoisotopic (exact) mass is 579 g/mol. The molecule has 7 heteroatoms. The predicted octanol–water partition coefficient (Wildman–Crippen LogP) is 6.75. The molecule has 0 aliphatic heterocycles. The van der Waals surface area contributed by atoms with Crippen LogP contribution in [0.4, 0.5) is 0 Å². The van der Waals surface area contributed by atoms with E-state index in [2.05, 4.69) is 5.32 Å². The van der Waals surface area contributed by atoms with E-state index in [1.807, 2.05) is 106 Å². The summed E-state index contributed by atoms with van der Waals surface area (Å²) in [4.78, 5) is 13.8. The van der Waals surface area contributed by atoms with Crippen molar-refractivity contribution >= 4 is 11.0 Å². The molecule has 7 nitrogen and oxygen atoms in total. The molecule has 0 aliphatic rings. The van der Waals surface area contributed by atoms with Crippen LogP contribution in [0.1, 0.15) is 31.9 Å². The van der Waals surface area contributed by atoms with Gasteiger partial charge in [0.15, 0.2) is 5.76 Å². The molecule has 222 valence electrons. The van der Waals surface area contributed by atoms with Gasteiger partial charge < -0.3 is 29.1 Å². The molecule has 2 N–H and O–H groups in total. The number of nitrogens with one attached hydrogen (secondary N) is 1. The number of rotatable bonds is 12. The molecule has 0 bridgehead atoms. The average Bonchev–Trinajstić information content (AvgIpc) is 3.02. The van der Waals surface area contributed by atoms with E-state index in [1.54, 1.807) is 18.2 Å². The van der Waals surface area contributed by atoms with Gasteiger partial charge in [-0.3, -0.25) is 4.79 Å². The first-order valence-corrected chi connectivity index (χ1v) is 14.4. The third-order valence-corrected chi connectivity index (χ3v) is 6.70. The summed E-state index contributed by atoms with van der Waals surface area (Å²) in [6.45, 7) is 7.19. The lowest BCUT2D eigenvalue weighted by Gasteiger charge is -2.23. The number of hydrogen-bond acceptors (Lipinski definition) is 7. The van der Waals surface area contributed by atoms with E-state index in [4.69, 9.17) is 18.6 Å². The Labute approximate surface area is 251 Å². The van der Waals surface area contributed by atoms with Crippen LogP contribution in [-0.2, 0) is 13.2 Å². The van der Waals surface area contributed by atoms with Crippen LogP contribution in [0.3, 0.4) is 0 Å². The molecule has 1 atom stereocenters. The van der Waals surface area contributed by atoms with Crippen LogP contribution >= 0.6 is 0 Å². The number of aliphatic hydroxyl groups is 1. The third-order valence-electron chi connectivity index (χ3n) is 6.70. The predicted molar refractivity (Wildman–Crippen MR) is 169 cm³/mol. The second-order valence-corrected chi connectivity index (χ2v) is 11.4. The maximum atomic E-state index is 13.8. The highest BCUT2D eigenvalue weighted by atomic mass is 16.5. The summed E-state index contributed by atoms with van der Waals surface area (Å²) in [5.41, 5.74) is 2.56. The zero-order valence-electron chi connectivity index (χ0n) is 24.7. The quantitative estimate of drug-likeness (QED) is 0.169. The Morgan fingerprint density at radius 2 is 1.42 bits per heavy atom. The Hall–Kier alpha value is -4.59. The largest absolute Gasteiger partial charge is 0.491 e. The summed E-state index contributed by atoms with van der Waals surface area (Å²) in [5, 5.41) is 14.0. The molecular weight excluding hydrogens is 542 g/mol. The van der Waals surface area contributed by atoms with Gasteiger partial charge in [-0.25, -0.2) is 0 Å². The highest BCUT2D eigenvalue weighted by Crippen LogP contribution is 2.34. The summed E-state index contributed by atoms with van der Waals surface area (Å²) in [6.07, 6.45) is -0.704. The van der Waals surface area contributed by atoms with E-state index in [0.717, 1.165) is 11.1 Å². The summed E-state index contributed by atoms with van der Waals surface area (Å²) in [7, 11) is 0. The van der Waals surface area contributed by atoms with Crippen molar-refractivity contribution in [2.45, 2.75) is 45.6 Å². The van der Waals surface area contributed by atoms with Crippen LogP contribution in [0, 0.1) is 0 Å². The van der Waals surface area contributed by atoms with Gasteiger partial charge in [0.25, 0.3) is 0 Å². The van der Waals surface area contributed by atoms with Crippen molar-refractivity contribution in [1.82, 2.24) is 5.32 Å². The van der Waals surface area contributed by atoms with Gasteiger partial charge >= 0.3 is 0 Å². The Balaban J connectivity index is 1.45. The van der Waals surface area contributed by atoms with Crippen LogP contribution in [-0.4, -0.2) is 29.9 Å². The first kappa shape index (κ1) is 29.9. The Morgan fingerprint density at radius 1 is 0.767 bits per heavy atom. The fourth-order valence-electron chi connectivity index (χ4n) is 4.44. The smallest absolute Gasteiger partial charge is 0.235 e. The lowest BCUT2D eigenvalue weighted by Crippen LogP contribution is -2.42. The molecule has 1 aromatic heterocycles. The van der Waals surface area contributed by atoms with Crippen molar-refractivity contribution < 1.29 is 23.7 Å². The number of aliphatic hydroxyl groups excluding tert-OH is 1. The van der Waals surface area contributed by atoms with E-state index >= 15 is 0 Å². The number of benzene rings is 4.